The number of anilines is 2. The summed E-state index contributed by atoms with van der Waals surface area (Å²) in [5, 5.41) is 31.8. The molecule has 5 heterocycles. The Morgan fingerprint density at radius 1 is 0.690 bits per heavy atom. The lowest BCUT2D eigenvalue weighted by molar-refractivity contribution is -0.140. The number of nitrogens with two attached hydrogens (primary N) is 1. The van der Waals surface area contributed by atoms with Crippen LogP contribution in [-0.4, -0.2) is 266 Å². The molecule has 3 aliphatic rings. The monoisotopic (exact) mass is 1240 g/mol. The minimum Gasteiger partial charge on any atom is -0.480 e. The van der Waals surface area contributed by atoms with Crippen LogP contribution in [0.3, 0.4) is 0 Å². The second kappa shape index (κ2) is 32.9. The van der Waals surface area contributed by atoms with Crippen LogP contribution in [0.4, 0.5) is 15.9 Å². The lowest BCUT2D eigenvalue weighted by atomic mass is 9.96. The molecule has 3 aliphatic heterocycles. The number of fused-ring (bicyclic) bond motifs is 1. The van der Waals surface area contributed by atoms with Crippen molar-refractivity contribution in [2.45, 2.75) is 84.0 Å². The maximum atomic E-state index is 15.1. The number of nitrogens with one attached hydrogen (secondary N) is 2. The summed E-state index contributed by atoms with van der Waals surface area (Å²) >= 11 is 6.44. The van der Waals surface area contributed by atoms with Crippen LogP contribution in [0, 0.1) is 12.7 Å². The number of pyridine rings is 1. The van der Waals surface area contributed by atoms with Crippen molar-refractivity contribution in [3.05, 3.63) is 59.0 Å². The minimum atomic E-state index is -1.03. The van der Waals surface area contributed by atoms with E-state index in [0.717, 1.165) is 57.6 Å². The second-order valence-corrected chi connectivity index (χ2v) is 24.4. The molecule has 2 aromatic carbocycles. The van der Waals surface area contributed by atoms with E-state index in [1.807, 2.05) is 74.9 Å². The van der Waals surface area contributed by atoms with Crippen LogP contribution in [0.25, 0.3) is 33.5 Å². The van der Waals surface area contributed by atoms with Gasteiger partial charge in [0.25, 0.3) is 0 Å². The summed E-state index contributed by atoms with van der Waals surface area (Å²) in [6, 6.07) is 10.7. The predicted molar refractivity (Wildman–Crippen MR) is 330 cm³/mol. The highest BCUT2D eigenvalue weighted by Crippen LogP contribution is 2.45. The number of carboxylic acids is 3. The number of amides is 2. The molecule has 24 nitrogen and oxygen atoms in total. The molecule has 480 valence electrons. The fraction of sp³-hybridized carbons (Fsp3) is 0.623. The number of nitrogens with zero attached hydrogens (tertiary/aromatic N) is 9. The molecule has 87 heavy (non-hydrogen) atoms. The van der Waals surface area contributed by atoms with Gasteiger partial charge in [0.15, 0.2) is 0 Å². The highest BCUT2D eigenvalue weighted by Gasteiger charge is 2.32. The van der Waals surface area contributed by atoms with Gasteiger partial charge in [-0.3, -0.25) is 43.6 Å². The van der Waals surface area contributed by atoms with Gasteiger partial charge < -0.3 is 65.0 Å². The minimum absolute atomic E-state index is 0.0114. The summed E-state index contributed by atoms with van der Waals surface area (Å²) in [6.45, 7) is 17.4. The van der Waals surface area contributed by atoms with E-state index in [1.54, 1.807) is 20.8 Å². The van der Waals surface area contributed by atoms with Gasteiger partial charge >= 0.3 is 17.9 Å². The Bertz CT molecular complexity index is 2870. The summed E-state index contributed by atoms with van der Waals surface area (Å²) < 4.78 is 39.2. The van der Waals surface area contributed by atoms with Gasteiger partial charge in [0.2, 0.25) is 11.8 Å². The number of aryl methyl sites for hydroxylation is 1. The molecule has 2 aromatic heterocycles. The number of imidazole rings is 1. The van der Waals surface area contributed by atoms with Crippen molar-refractivity contribution in [1.82, 2.24) is 44.8 Å². The van der Waals surface area contributed by atoms with Gasteiger partial charge in [0.05, 0.1) is 99.1 Å². The quantitative estimate of drug-likeness (QED) is 0.0412. The highest BCUT2D eigenvalue weighted by molar-refractivity contribution is 6.31. The lowest BCUT2D eigenvalue weighted by Gasteiger charge is -2.39. The molecular weight excluding hydrogens is 1150 g/mol. The van der Waals surface area contributed by atoms with Crippen molar-refractivity contribution in [3.63, 3.8) is 0 Å². The summed E-state index contributed by atoms with van der Waals surface area (Å²) in [4.78, 5) is 88.5. The number of piperidine rings is 1. The van der Waals surface area contributed by atoms with E-state index in [1.165, 1.54) is 6.07 Å². The maximum Gasteiger partial charge on any atom is 0.317 e. The zero-order valence-electron chi connectivity index (χ0n) is 51.2. The predicted octanol–water partition coefficient (Wildman–Crippen LogP) is 4.35. The first-order chi connectivity index (χ1) is 41.5. The number of benzene rings is 2. The fourth-order valence-corrected chi connectivity index (χ4v) is 11.2. The third-order valence-corrected chi connectivity index (χ3v) is 16.3. The van der Waals surface area contributed by atoms with Crippen molar-refractivity contribution in [2.75, 3.05) is 174 Å². The number of aliphatic carboxylic acids is 3. The van der Waals surface area contributed by atoms with E-state index >= 15 is 4.39 Å². The molecule has 0 bridgehead atoms. The molecule has 0 saturated carbocycles. The Morgan fingerprint density at radius 2 is 1.24 bits per heavy atom. The number of aromatic nitrogens is 3. The van der Waals surface area contributed by atoms with Gasteiger partial charge in [0, 0.05) is 128 Å². The molecule has 26 heteroatoms. The number of hydrogen-bond donors (Lipinski definition) is 6. The van der Waals surface area contributed by atoms with Crippen LogP contribution in [0.1, 0.15) is 65.4 Å². The van der Waals surface area contributed by atoms with Gasteiger partial charge in [-0.2, -0.15) is 0 Å². The zero-order chi connectivity index (χ0) is 62.7. The van der Waals surface area contributed by atoms with E-state index < -0.39 is 29.1 Å². The number of carboxylic acid groups (broad SMARTS) is 3. The molecule has 0 aliphatic carbocycles. The lowest BCUT2D eigenvalue weighted by Crippen LogP contribution is -2.50. The molecule has 0 spiro atoms. The normalized spacial score (nSPS) is 17.1. The first-order valence-corrected chi connectivity index (χ1v) is 30.6. The van der Waals surface area contributed by atoms with Crippen molar-refractivity contribution in [2.24, 2.45) is 5.73 Å². The molecule has 0 atom stereocenters. The van der Waals surface area contributed by atoms with Crippen LogP contribution in [0.15, 0.2) is 42.6 Å². The van der Waals surface area contributed by atoms with E-state index in [-0.39, 0.29) is 89.1 Å². The van der Waals surface area contributed by atoms with E-state index in [4.69, 9.17) is 46.3 Å². The molecule has 0 unspecified atom stereocenters. The fourth-order valence-electron chi connectivity index (χ4n) is 11.0. The second-order valence-electron chi connectivity index (χ2n) is 24.0. The van der Waals surface area contributed by atoms with Crippen LogP contribution in [-0.2, 0) is 42.9 Å². The molecule has 3 saturated heterocycles. The molecule has 0 radical (unpaired) electrons. The van der Waals surface area contributed by atoms with Gasteiger partial charge in [-0.25, -0.2) is 14.4 Å². The Hall–Kier alpha value is -6.13. The smallest absolute Gasteiger partial charge is 0.317 e. The largest absolute Gasteiger partial charge is 0.480 e. The summed E-state index contributed by atoms with van der Waals surface area (Å²) in [6.07, 6.45) is 4.91. The Morgan fingerprint density at radius 3 is 1.82 bits per heavy atom. The average molecular weight is 1240 g/mol. The van der Waals surface area contributed by atoms with E-state index in [2.05, 4.69) is 20.1 Å². The van der Waals surface area contributed by atoms with Gasteiger partial charge in [0.1, 0.15) is 17.5 Å². The number of halogens is 2. The van der Waals surface area contributed by atoms with Crippen molar-refractivity contribution in [1.29, 1.82) is 0 Å². The van der Waals surface area contributed by atoms with E-state index in [0.29, 0.717) is 129 Å². The molecular formula is C61H90ClFN12O12. The number of ether oxygens (including phenoxy) is 4. The van der Waals surface area contributed by atoms with E-state index in [9.17, 15) is 39.3 Å². The Balaban J connectivity index is 0.801. The SMILES string of the molecule is Cc1cc(F)cc(-c2cnc(N3CCN(C(=O)CCOC(C)(C)CCOC(C)(C)CCOCCOCCNC(=O)CN4CCN(CC(=O)O)CCN(CC(=O)O)CCN(CC(=O)O)CC4)CC3)c(-c3nc4ccc(Cl)cc4[nH]3)c2N2CCC(N)CC2)c1. The summed E-state index contributed by atoms with van der Waals surface area (Å²) in [5.41, 5.74) is 11.0. The number of rotatable bonds is 29. The topological polar surface area (TPSA) is 285 Å². The maximum absolute atomic E-state index is 15.1. The number of carbonyl (C=O) groups excluding carboxylic acids is 2. The van der Waals surface area contributed by atoms with Crippen LogP contribution in [0.2, 0.25) is 5.02 Å². The first-order valence-electron chi connectivity index (χ1n) is 30.2. The standard InChI is InChI=1S/C61H90ClFN12O12/c1-43-34-44(36-46(63)35-43)48-38-66-59(56(57(48)74-14-8-47(64)9-15-74)58-67-49-7-6-45(62)37-50(49)68-58)75-26-24-73(25-27-75)52(77)10-28-86-61(4,5)12-30-87-60(2,3)11-29-84-32-33-85-31-13-65-51(76)39-69-16-18-70(40-53(78)79)20-22-72(42-55(82)83)23-21-71(19-17-69)41-54(80)81/h6-7,34-38,47H,8-33,39-42,64H2,1-5H3,(H,65,76)(H,67,68)(H,78,79)(H,80,81)(H,82,83). The van der Waals surface area contributed by atoms with Crippen molar-refractivity contribution in [3.8, 4) is 22.5 Å². The molecule has 4 aromatic rings. The molecule has 2 amide bonds. The summed E-state index contributed by atoms with van der Waals surface area (Å²) in [7, 11) is 0. The number of piperazine rings is 1. The first kappa shape index (κ1) is 68.4. The van der Waals surface area contributed by atoms with Crippen LogP contribution >= 0.6 is 11.6 Å². The highest BCUT2D eigenvalue weighted by atomic mass is 35.5. The number of aromatic amines is 1. The number of H-pyrrole nitrogens is 1. The van der Waals surface area contributed by atoms with Crippen molar-refractivity contribution < 1.29 is 62.6 Å². The number of hydrogen-bond acceptors (Lipinski definition) is 18. The van der Waals surface area contributed by atoms with Gasteiger partial charge in [-0.1, -0.05) is 17.7 Å². The van der Waals surface area contributed by atoms with Gasteiger partial charge in [-0.05, 0) is 102 Å². The molecule has 7 rings (SSSR count). The van der Waals surface area contributed by atoms with Crippen LogP contribution in [0.5, 0.6) is 0 Å². The average Bonchev–Trinajstić information content (AvgIpc) is 2.70. The van der Waals surface area contributed by atoms with Crippen LogP contribution < -0.4 is 20.9 Å². The molecule has 7 N–H and O–H groups in total. The number of carbonyl (C=O) groups is 5. The van der Waals surface area contributed by atoms with Crippen molar-refractivity contribution >= 4 is 63.9 Å². The Labute approximate surface area is 514 Å². The summed E-state index contributed by atoms with van der Waals surface area (Å²) in [5.74, 6) is -2.29. The third kappa shape index (κ3) is 22.1. The molecule has 3 fully saturated rings. The van der Waals surface area contributed by atoms with Gasteiger partial charge in [-0.15, -0.1) is 0 Å². The third-order valence-electron chi connectivity index (χ3n) is 16.0. The Kier molecular flexibility index (Phi) is 25.9. The zero-order valence-corrected chi connectivity index (χ0v) is 52.0.